The number of rotatable bonds is 19. The van der Waals surface area contributed by atoms with Gasteiger partial charge >= 0.3 is 0 Å². The van der Waals surface area contributed by atoms with Crippen molar-refractivity contribution in [3.05, 3.63) is 58.7 Å². The van der Waals surface area contributed by atoms with Crippen molar-refractivity contribution in [1.82, 2.24) is 15.1 Å². The number of carbonyl (C=O) groups is 2. The SMILES string of the molecule is CCCN(CCC)C(=O)C1=CC(C)=CC(C(N)=O)([C@H](Cc2cc(F)cc(F)c2)[C@@H](O)CNCCN(CCO)CCO)C1. The van der Waals surface area contributed by atoms with Gasteiger partial charge in [-0.05, 0) is 50.3 Å². The topological polar surface area (TPSA) is 139 Å². The minimum atomic E-state index is -1.50. The quantitative estimate of drug-likeness (QED) is 0.154. The van der Waals surface area contributed by atoms with Gasteiger partial charge in [-0.15, -0.1) is 0 Å². The van der Waals surface area contributed by atoms with Gasteiger partial charge in [-0.25, -0.2) is 8.78 Å². The Kier molecular flexibility index (Phi) is 14.7. The van der Waals surface area contributed by atoms with E-state index in [1.807, 2.05) is 18.7 Å². The van der Waals surface area contributed by atoms with E-state index in [0.717, 1.165) is 31.0 Å². The lowest BCUT2D eigenvalue weighted by Gasteiger charge is -2.42. The number of hydrogen-bond donors (Lipinski definition) is 5. The predicted octanol–water partition coefficient (Wildman–Crippen LogP) is 1.76. The van der Waals surface area contributed by atoms with Crippen molar-refractivity contribution in [2.45, 2.75) is 52.6 Å². The van der Waals surface area contributed by atoms with Crippen molar-refractivity contribution in [3.8, 4) is 0 Å². The van der Waals surface area contributed by atoms with E-state index < -0.39 is 35.0 Å². The van der Waals surface area contributed by atoms with Crippen LogP contribution < -0.4 is 11.1 Å². The molecule has 1 aliphatic rings. The van der Waals surface area contributed by atoms with Crippen LogP contribution in [0.3, 0.4) is 0 Å². The molecule has 2 rings (SSSR count). The number of allylic oxidation sites excluding steroid dienone is 2. The second-order valence-electron chi connectivity index (χ2n) is 11.1. The molecule has 42 heavy (non-hydrogen) atoms. The standard InChI is InChI=1S/C31H48F2N4O5/c1-4-7-37(8-5-2)29(41)24-14-22(3)19-31(20-24,30(34)42)27(17-23-15-25(32)18-26(33)16-23)28(40)21-35-6-9-36(10-12-38)11-13-39/h14-16,18-19,27-28,35,38-40H,4-13,17,20-21H2,1-3H3,(H2,34,42)/t27-,28+,31?/m1/s1. The summed E-state index contributed by atoms with van der Waals surface area (Å²) in [5.74, 6) is -3.42. The fraction of sp³-hybridized carbons (Fsp3) is 0.613. The number of halogens is 2. The van der Waals surface area contributed by atoms with Gasteiger partial charge in [0.1, 0.15) is 11.6 Å². The summed E-state index contributed by atoms with van der Waals surface area (Å²) < 4.78 is 28.3. The smallest absolute Gasteiger partial charge is 0.249 e. The van der Waals surface area contributed by atoms with Crippen LogP contribution in [-0.2, 0) is 16.0 Å². The second kappa shape index (κ2) is 17.4. The first kappa shape index (κ1) is 35.5. The van der Waals surface area contributed by atoms with Crippen molar-refractivity contribution < 1.29 is 33.7 Å². The highest BCUT2D eigenvalue weighted by Crippen LogP contribution is 2.44. The maximum absolute atomic E-state index is 14.2. The number of benzene rings is 1. The number of amides is 2. The molecule has 0 radical (unpaired) electrons. The molecule has 0 saturated carbocycles. The lowest BCUT2D eigenvalue weighted by atomic mass is 9.63. The van der Waals surface area contributed by atoms with Crippen LogP contribution in [0.25, 0.3) is 0 Å². The lowest BCUT2D eigenvalue weighted by molar-refractivity contribution is -0.132. The highest BCUT2D eigenvalue weighted by molar-refractivity contribution is 5.96. The maximum Gasteiger partial charge on any atom is 0.249 e. The third-order valence-corrected chi connectivity index (χ3v) is 7.67. The van der Waals surface area contributed by atoms with Gasteiger partial charge < -0.3 is 31.3 Å². The normalized spacial score (nSPS) is 18.4. The number of nitrogens with zero attached hydrogens (tertiary/aromatic N) is 2. The summed E-state index contributed by atoms with van der Waals surface area (Å²) in [5, 5.41) is 33.2. The number of nitrogens with one attached hydrogen (secondary N) is 1. The summed E-state index contributed by atoms with van der Waals surface area (Å²) >= 11 is 0. The Morgan fingerprint density at radius 2 is 1.62 bits per heavy atom. The van der Waals surface area contributed by atoms with Crippen molar-refractivity contribution >= 4 is 11.8 Å². The third kappa shape index (κ3) is 9.95. The first-order valence-corrected chi connectivity index (χ1v) is 14.8. The van der Waals surface area contributed by atoms with Crippen LogP contribution in [-0.4, -0.2) is 102 Å². The Hall–Kier alpha value is -2.70. The molecule has 3 atom stereocenters. The van der Waals surface area contributed by atoms with Crippen LogP contribution in [0.15, 0.2) is 41.5 Å². The molecule has 0 saturated heterocycles. The summed E-state index contributed by atoms with van der Waals surface area (Å²) in [6.07, 6.45) is 3.63. The number of hydrogen-bond acceptors (Lipinski definition) is 7. The Bertz CT molecular complexity index is 1070. The van der Waals surface area contributed by atoms with Crippen molar-refractivity contribution in [1.29, 1.82) is 0 Å². The second-order valence-corrected chi connectivity index (χ2v) is 11.1. The molecule has 6 N–H and O–H groups in total. The Labute approximate surface area is 248 Å². The molecule has 236 valence electrons. The fourth-order valence-corrected chi connectivity index (χ4v) is 5.81. The molecular formula is C31H48F2N4O5. The number of carbonyl (C=O) groups excluding carboxylic acids is 2. The Morgan fingerprint density at radius 3 is 2.14 bits per heavy atom. The van der Waals surface area contributed by atoms with E-state index >= 15 is 0 Å². The average molecular weight is 595 g/mol. The average Bonchev–Trinajstić information content (AvgIpc) is 2.92. The molecule has 1 aromatic rings. The zero-order valence-corrected chi connectivity index (χ0v) is 25.1. The predicted molar refractivity (Wildman–Crippen MR) is 158 cm³/mol. The molecule has 0 spiro atoms. The molecule has 1 aliphatic carbocycles. The number of nitrogens with two attached hydrogens (primary N) is 1. The van der Waals surface area contributed by atoms with Gasteiger partial charge in [-0.1, -0.05) is 31.6 Å². The summed E-state index contributed by atoms with van der Waals surface area (Å²) in [5.41, 5.74) is 5.85. The molecule has 0 aliphatic heterocycles. The molecule has 11 heteroatoms. The zero-order chi connectivity index (χ0) is 31.3. The van der Waals surface area contributed by atoms with E-state index in [4.69, 9.17) is 5.73 Å². The Morgan fingerprint density at radius 1 is 1.02 bits per heavy atom. The highest BCUT2D eigenvalue weighted by atomic mass is 19.1. The zero-order valence-electron chi connectivity index (χ0n) is 25.1. The van der Waals surface area contributed by atoms with E-state index in [1.165, 1.54) is 0 Å². The minimum absolute atomic E-state index is 0.0290. The first-order chi connectivity index (χ1) is 20.0. The monoisotopic (exact) mass is 594 g/mol. The van der Waals surface area contributed by atoms with Crippen molar-refractivity contribution in [2.24, 2.45) is 17.1 Å². The molecule has 2 amide bonds. The van der Waals surface area contributed by atoms with Crippen LogP contribution in [0.2, 0.25) is 0 Å². The maximum atomic E-state index is 14.2. The molecular weight excluding hydrogens is 546 g/mol. The van der Waals surface area contributed by atoms with Crippen LogP contribution in [0.4, 0.5) is 8.78 Å². The molecule has 0 heterocycles. The largest absolute Gasteiger partial charge is 0.395 e. The van der Waals surface area contributed by atoms with E-state index in [1.54, 1.807) is 24.0 Å². The summed E-state index contributed by atoms with van der Waals surface area (Å²) in [6.45, 7) is 8.38. The Balaban J connectivity index is 2.43. The van der Waals surface area contributed by atoms with E-state index in [-0.39, 0.29) is 44.1 Å². The van der Waals surface area contributed by atoms with Crippen LogP contribution in [0.1, 0.15) is 45.6 Å². The van der Waals surface area contributed by atoms with Gasteiger partial charge in [0.05, 0.1) is 24.7 Å². The van der Waals surface area contributed by atoms with E-state index in [2.05, 4.69) is 5.32 Å². The molecule has 0 aromatic heterocycles. The van der Waals surface area contributed by atoms with Crippen molar-refractivity contribution in [3.63, 3.8) is 0 Å². The fourth-order valence-electron chi connectivity index (χ4n) is 5.81. The van der Waals surface area contributed by atoms with E-state index in [9.17, 15) is 33.7 Å². The first-order valence-electron chi connectivity index (χ1n) is 14.8. The summed E-state index contributed by atoms with van der Waals surface area (Å²) in [6, 6.07) is 3.08. The third-order valence-electron chi connectivity index (χ3n) is 7.67. The van der Waals surface area contributed by atoms with Crippen LogP contribution in [0, 0.1) is 23.0 Å². The van der Waals surface area contributed by atoms with Gasteiger partial charge in [-0.2, -0.15) is 0 Å². The lowest BCUT2D eigenvalue weighted by Crippen LogP contribution is -2.52. The minimum Gasteiger partial charge on any atom is -0.395 e. The van der Waals surface area contributed by atoms with Gasteiger partial charge in [0, 0.05) is 63.4 Å². The highest BCUT2D eigenvalue weighted by Gasteiger charge is 2.48. The van der Waals surface area contributed by atoms with Gasteiger partial charge in [0.15, 0.2) is 0 Å². The number of aliphatic hydroxyl groups is 3. The van der Waals surface area contributed by atoms with Gasteiger partial charge in [0.2, 0.25) is 11.8 Å². The molecule has 0 bridgehead atoms. The van der Waals surface area contributed by atoms with Gasteiger partial charge in [0.25, 0.3) is 0 Å². The molecule has 9 nitrogen and oxygen atoms in total. The summed E-state index contributed by atoms with van der Waals surface area (Å²) in [7, 11) is 0. The number of aliphatic hydroxyl groups excluding tert-OH is 3. The number of primary amides is 1. The molecule has 1 unspecified atom stereocenters. The van der Waals surface area contributed by atoms with Crippen molar-refractivity contribution in [2.75, 3.05) is 59.0 Å². The van der Waals surface area contributed by atoms with E-state index in [0.29, 0.717) is 50.4 Å². The molecule has 0 fully saturated rings. The van der Waals surface area contributed by atoms with Crippen LogP contribution >= 0.6 is 0 Å². The summed E-state index contributed by atoms with van der Waals surface area (Å²) in [4.78, 5) is 30.6. The molecule has 1 aromatic carbocycles. The van der Waals surface area contributed by atoms with Crippen LogP contribution in [0.5, 0.6) is 0 Å². The van der Waals surface area contributed by atoms with Gasteiger partial charge in [-0.3, -0.25) is 14.5 Å².